The minimum atomic E-state index is -0.0677. The Morgan fingerprint density at radius 3 is 2.39 bits per heavy atom. The third-order valence-electron chi connectivity index (χ3n) is 2.61. The lowest BCUT2D eigenvalue weighted by Crippen LogP contribution is -2.05. The van der Waals surface area contributed by atoms with Crippen LogP contribution in [0.15, 0.2) is 48.5 Å². The first-order valence-corrected chi connectivity index (χ1v) is 5.71. The van der Waals surface area contributed by atoms with E-state index in [1.54, 1.807) is 7.11 Å². The van der Waals surface area contributed by atoms with E-state index in [0.29, 0.717) is 0 Å². The largest absolute Gasteiger partial charge is 0.497 e. The second-order valence-corrected chi connectivity index (χ2v) is 3.99. The molecule has 1 amide bonds. The highest BCUT2D eigenvalue weighted by Crippen LogP contribution is 2.24. The minimum Gasteiger partial charge on any atom is -0.497 e. The fourth-order valence-corrected chi connectivity index (χ4v) is 1.76. The van der Waals surface area contributed by atoms with Gasteiger partial charge < -0.3 is 10.1 Å². The van der Waals surface area contributed by atoms with Crippen molar-refractivity contribution in [3.05, 3.63) is 48.5 Å². The fraction of sp³-hybridized carbons (Fsp3) is 0.133. The van der Waals surface area contributed by atoms with Gasteiger partial charge in [0.25, 0.3) is 0 Å². The van der Waals surface area contributed by atoms with Gasteiger partial charge in [0, 0.05) is 12.6 Å². The molecule has 0 atom stereocenters. The van der Waals surface area contributed by atoms with E-state index >= 15 is 0 Å². The normalized spacial score (nSPS) is 9.89. The van der Waals surface area contributed by atoms with Gasteiger partial charge in [-0.25, -0.2) is 0 Å². The molecule has 2 rings (SSSR count). The van der Waals surface area contributed by atoms with Crippen molar-refractivity contribution < 1.29 is 9.53 Å². The molecule has 3 nitrogen and oxygen atoms in total. The van der Waals surface area contributed by atoms with Crippen molar-refractivity contribution in [1.82, 2.24) is 0 Å². The number of carbonyl (C=O) groups excluding carboxylic acids is 1. The molecular formula is C15H15NO2. The zero-order valence-electron chi connectivity index (χ0n) is 10.4. The molecule has 0 aliphatic carbocycles. The molecule has 3 heteroatoms. The second kappa shape index (κ2) is 5.36. The van der Waals surface area contributed by atoms with Crippen molar-refractivity contribution in [1.29, 1.82) is 0 Å². The van der Waals surface area contributed by atoms with E-state index < -0.39 is 0 Å². The molecule has 18 heavy (non-hydrogen) atoms. The number of hydrogen-bond acceptors (Lipinski definition) is 2. The van der Waals surface area contributed by atoms with Gasteiger partial charge >= 0.3 is 0 Å². The molecule has 0 fully saturated rings. The van der Waals surface area contributed by atoms with Gasteiger partial charge in [0.05, 0.1) is 7.11 Å². The first-order valence-electron chi connectivity index (χ1n) is 5.71. The van der Waals surface area contributed by atoms with Crippen LogP contribution in [0.2, 0.25) is 0 Å². The molecule has 0 unspecified atom stereocenters. The van der Waals surface area contributed by atoms with Crippen LogP contribution in [0.4, 0.5) is 5.69 Å². The van der Waals surface area contributed by atoms with Crippen molar-refractivity contribution in [2.45, 2.75) is 6.92 Å². The van der Waals surface area contributed by atoms with E-state index in [0.717, 1.165) is 22.6 Å². The summed E-state index contributed by atoms with van der Waals surface area (Å²) >= 11 is 0. The van der Waals surface area contributed by atoms with E-state index in [4.69, 9.17) is 4.74 Å². The van der Waals surface area contributed by atoms with Gasteiger partial charge in [0.15, 0.2) is 0 Å². The molecule has 0 saturated heterocycles. The third-order valence-corrected chi connectivity index (χ3v) is 2.61. The molecule has 92 valence electrons. The number of carbonyl (C=O) groups is 1. The lowest BCUT2D eigenvalue weighted by atomic mass is 10.1. The Kier molecular flexibility index (Phi) is 3.63. The standard InChI is InChI=1S/C15H15NO2/c1-11(17)16-14-5-3-4-13(10-14)12-6-8-15(18-2)9-7-12/h3-10H,1-2H3,(H,16,17). The number of amides is 1. The fourth-order valence-electron chi connectivity index (χ4n) is 1.76. The van der Waals surface area contributed by atoms with Crippen LogP contribution < -0.4 is 10.1 Å². The summed E-state index contributed by atoms with van der Waals surface area (Å²) in [5.41, 5.74) is 2.95. The average Bonchev–Trinajstić information content (AvgIpc) is 2.38. The molecule has 2 aromatic carbocycles. The van der Waals surface area contributed by atoms with Crippen LogP contribution in [0.1, 0.15) is 6.92 Å². The number of benzene rings is 2. The molecule has 1 N–H and O–H groups in total. The molecular weight excluding hydrogens is 226 g/mol. The Balaban J connectivity index is 2.29. The SMILES string of the molecule is COc1ccc(-c2cccc(NC(C)=O)c2)cc1. The van der Waals surface area contributed by atoms with Crippen molar-refractivity contribution in [2.24, 2.45) is 0 Å². The van der Waals surface area contributed by atoms with Crippen LogP contribution in [-0.4, -0.2) is 13.0 Å². The van der Waals surface area contributed by atoms with E-state index in [-0.39, 0.29) is 5.91 Å². The Bertz CT molecular complexity index is 547. The summed E-state index contributed by atoms with van der Waals surface area (Å²) in [5.74, 6) is 0.763. The van der Waals surface area contributed by atoms with Gasteiger partial charge in [-0.15, -0.1) is 0 Å². The van der Waals surface area contributed by atoms with Crippen molar-refractivity contribution in [3.8, 4) is 16.9 Å². The van der Waals surface area contributed by atoms with Crippen LogP contribution >= 0.6 is 0 Å². The summed E-state index contributed by atoms with van der Waals surface area (Å²) in [6.07, 6.45) is 0. The van der Waals surface area contributed by atoms with Gasteiger partial charge in [0.1, 0.15) is 5.75 Å². The summed E-state index contributed by atoms with van der Waals surface area (Å²) in [7, 11) is 1.65. The summed E-state index contributed by atoms with van der Waals surface area (Å²) in [6, 6.07) is 15.6. The number of rotatable bonds is 3. The highest BCUT2D eigenvalue weighted by atomic mass is 16.5. The minimum absolute atomic E-state index is 0.0677. The topological polar surface area (TPSA) is 38.3 Å². The Labute approximate surface area is 106 Å². The predicted octanol–water partition coefficient (Wildman–Crippen LogP) is 3.32. The predicted molar refractivity (Wildman–Crippen MR) is 72.7 cm³/mol. The molecule has 0 aliphatic heterocycles. The number of ether oxygens (including phenoxy) is 1. The zero-order valence-corrected chi connectivity index (χ0v) is 10.4. The Morgan fingerprint density at radius 1 is 1.06 bits per heavy atom. The van der Waals surface area contributed by atoms with E-state index in [1.807, 2.05) is 48.5 Å². The Morgan fingerprint density at radius 2 is 1.78 bits per heavy atom. The van der Waals surface area contributed by atoms with Gasteiger partial charge in [-0.3, -0.25) is 4.79 Å². The molecule has 0 aliphatic rings. The van der Waals surface area contributed by atoms with Gasteiger partial charge in [-0.05, 0) is 35.4 Å². The highest BCUT2D eigenvalue weighted by Gasteiger charge is 2.01. The van der Waals surface area contributed by atoms with Gasteiger partial charge in [0.2, 0.25) is 5.91 Å². The second-order valence-electron chi connectivity index (χ2n) is 3.99. The number of hydrogen-bond donors (Lipinski definition) is 1. The lowest BCUT2D eigenvalue weighted by Gasteiger charge is -2.07. The van der Waals surface area contributed by atoms with Gasteiger partial charge in [-0.2, -0.15) is 0 Å². The first kappa shape index (κ1) is 12.2. The van der Waals surface area contributed by atoms with Crippen LogP contribution in [0.3, 0.4) is 0 Å². The molecule has 0 heterocycles. The summed E-state index contributed by atoms with van der Waals surface area (Å²) in [5, 5.41) is 2.77. The van der Waals surface area contributed by atoms with Crippen LogP contribution in [0.5, 0.6) is 5.75 Å². The number of anilines is 1. The smallest absolute Gasteiger partial charge is 0.221 e. The maximum Gasteiger partial charge on any atom is 0.221 e. The maximum atomic E-state index is 11.0. The van der Waals surface area contributed by atoms with E-state index in [9.17, 15) is 4.79 Å². The Hall–Kier alpha value is -2.29. The zero-order chi connectivity index (χ0) is 13.0. The van der Waals surface area contributed by atoms with Crippen LogP contribution in [0.25, 0.3) is 11.1 Å². The quantitative estimate of drug-likeness (QED) is 0.895. The highest BCUT2D eigenvalue weighted by molar-refractivity contribution is 5.89. The summed E-state index contributed by atoms with van der Waals surface area (Å²) in [4.78, 5) is 11.0. The van der Waals surface area contributed by atoms with E-state index in [1.165, 1.54) is 6.92 Å². The van der Waals surface area contributed by atoms with Crippen LogP contribution in [-0.2, 0) is 4.79 Å². The third kappa shape index (κ3) is 2.88. The molecule has 0 bridgehead atoms. The molecule has 2 aromatic rings. The van der Waals surface area contributed by atoms with Crippen molar-refractivity contribution >= 4 is 11.6 Å². The van der Waals surface area contributed by atoms with Crippen molar-refractivity contribution in [3.63, 3.8) is 0 Å². The van der Waals surface area contributed by atoms with E-state index in [2.05, 4.69) is 5.32 Å². The number of methoxy groups -OCH3 is 1. The van der Waals surface area contributed by atoms with Crippen LogP contribution in [0, 0.1) is 0 Å². The van der Waals surface area contributed by atoms with Crippen molar-refractivity contribution in [2.75, 3.05) is 12.4 Å². The monoisotopic (exact) mass is 241 g/mol. The number of nitrogens with one attached hydrogen (secondary N) is 1. The maximum absolute atomic E-state index is 11.0. The molecule has 0 radical (unpaired) electrons. The molecule has 0 spiro atoms. The molecule has 0 saturated carbocycles. The lowest BCUT2D eigenvalue weighted by molar-refractivity contribution is -0.114. The first-order chi connectivity index (χ1) is 8.69. The van der Waals surface area contributed by atoms with Gasteiger partial charge in [-0.1, -0.05) is 24.3 Å². The summed E-state index contributed by atoms with van der Waals surface area (Å²) in [6.45, 7) is 1.50. The average molecular weight is 241 g/mol. The molecule has 0 aromatic heterocycles. The summed E-state index contributed by atoms with van der Waals surface area (Å²) < 4.78 is 5.12.